The molecule has 1 amide bonds. The number of rotatable bonds is 3. The summed E-state index contributed by atoms with van der Waals surface area (Å²) in [7, 11) is 0. The highest BCUT2D eigenvalue weighted by Gasteiger charge is 2.37. The average molecular weight is 300 g/mol. The quantitative estimate of drug-likeness (QED) is 0.902. The van der Waals surface area contributed by atoms with Gasteiger partial charge in [-0.25, -0.2) is 8.78 Å². The molecular formula is C14H18F2N2OS. The molecule has 1 aromatic heterocycles. The molecule has 0 bridgehead atoms. The van der Waals surface area contributed by atoms with Crippen molar-refractivity contribution < 1.29 is 13.6 Å². The van der Waals surface area contributed by atoms with Crippen LogP contribution in [0.4, 0.5) is 8.78 Å². The van der Waals surface area contributed by atoms with Crippen molar-refractivity contribution in [3.05, 3.63) is 21.9 Å². The van der Waals surface area contributed by atoms with Crippen LogP contribution in [0.15, 0.2) is 11.4 Å². The number of nitrogens with one attached hydrogen (secondary N) is 1. The Labute approximate surface area is 120 Å². The normalized spacial score (nSPS) is 29.1. The minimum absolute atomic E-state index is 0.129. The molecular weight excluding hydrogens is 282 g/mol. The standard InChI is InChI=1S/C14H18F2N2OS/c15-14(16)3-1-9(2-4-14)18-13(19)12-5-8(7-20-12)10-6-11(10)17/h5,7,9-11H,1-4,6,17H2,(H,18,19). The molecule has 0 spiro atoms. The molecule has 6 heteroatoms. The lowest BCUT2D eigenvalue weighted by atomic mass is 9.92. The monoisotopic (exact) mass is 300 g/mol. The number of hydrogen-bond donors (Lipinski definition) is 2. The molecule has 2 fully saturated rings. The molecule has 110 valence electrons. The summed E-state index contributed by atoms with van der Waals surface area (Å²) in [5.41, 5.74) is 6.92. The SMILES string of the molecule is NC1CC1c1csc(C(=O)NC2CCC(F)(F)CC2)c1. The third-order valence-electron chi connectivity index (χ3n) is 4.16. The zero-order valence-electron chi connectivity index (χ0n) is 11.1. The van der Waals surface area contributed by atoms with Gasteiger partial charge in [-0.3, -0.25) is 4.79 Å². The molecule has 2 aliphatic carbocycles. The number of thiophene rings is 1. The first kappa shape index (κ1) is 13.9. The van der Waals surface area contributed by atoms with E-state index in [-0.39, 0.29) is 30.8 Å². The average Bonchev–Trinajstić information content (AvgIpc) is 2.92. The predicted molar refractivity (Wildman–Crippen MR) is 74.3 cm³/mol. The van der Waals surface area contributed by atoms with Gasteiger partial charge in [0.1, 0.15) is 0 Å². The fraction of sp³-hybridized carbons (Fsp3) is 0.643. The summed E-state index contributed by atoms with van der Waals surface area (Å²) in [4.78, 5) is 12.7. The van der Waals surface area contributed by atoms with Gasteiger partial charge < -0.3 is 11.1 Å². The molecule has 0 aromatic carbocycles. The molecule has 20 heavy (non-hydrogen) atoms. The molecule has 1 heterocycles. The Morgan fingerprint density at radius 3 is 2.65 bits per heavy atom. The number of carbonyl (C=O) groups is 1. The number of hydrogen-bond acceptors (Lipinski definition) is 3. The van der Waals surface area contributed by atoms with E-state index >= 15 is 0 Å². The summed E-state index contributed by atoms with van der Waals surface area (Å²) < 4.78 is 26.1. The van der Waals surface area contributed by atoms with Crippen molar-refractivity contribution in [3.63, 3.8) is 0 Å². The number of halogens is 2. The lowest BCUT2D eigenvalue weighted by Crippen LogP contribution is -2.40. The van der Waals surface area contributed by atoms with Gasteiger partial charge in [-0.2, -0.15) is 0 Å². The molecule has 0 radical (unpaired) electrons. The van der Waals surface area contributed by atoms with Crippen LogP contribution >= 0.6 is 11.3 Å². The molecule has 0 saturated heterocycles. The van der Waals surface area contributed by atoms with Crippen LogP contribution < -0.4 is 11.1 Å². The van der Waals surface area contributed by atoms with Crippen LogP contribution in [0.2, 0.25) is 0 Å². The first-order valence-electron chi connectivity index (χ1n) is 6.97. The highest BCUT2D eigenvalue weighted by molar-refractivity contribution is 7.12. The van der Waals surface area contributed by atoms with E-state index in [4.69, 9.17) is 5.73 Å². The number of amides is 1. The van der Waals surface area contributed by atoms with Gasteiger partial charge >= 0.3 is 0 Å². The summed E-state index contributed by atoms with van der Waals surface area (Å²) in [6.07, 6.45) is 1.42. The largest absolute Gasteiger partial charge is 0.349 e. The fourth-order valence-electron chi connectivity index (χ4n) is 2.70. The smallest absolute Gasteiger partial charge is 0.261 e. The van der Waals surface area contributed by atoms with Gasteiger partial charge in [0.05, 0.1) is 4.88 Å². The van der Waals surface area contributed by atoms with Gasteiger partial charge in [-0.15, -0.1) is 11.3 Å². The Bertz CT molecular complexity index is 507. The van der Waals surface area contributed by atoms with Crippen molar-refractivity contribution in [2.45, 2.75) is 56.0 Å². The summed E-state index contributed by atoms with van der Waals surface area (Å²) in [5, 5.41) is 4.84. The van der Waals surface area contributed by atoms with Crippen LogP contribution in [0, 0.1) is 0 Å². The molecule has 0 aliphatic heterocycles. The van der Waals surface area contributed by atoms with Crippen LogP contribution in [0.5, 0.6) is 0 Å². The third kappa shape index (κ3) is 3.01. The van der Waals surface area contributed by atoms with E-state index in [2.05, 4.69) is 5.32 Å². The van der Waals surface area contributed by atoms with Crippen molar-refractivity contribution in [1.29, 1.82) is 0 Å². The maximum absolute atomic E-state index is 13.1. The predicted octanol–water partition coefficient (Wildman–Crippen LogP) is 2.87. The van der Waals surface area contributed by atoms with Crippen LogP contribution in [0.1, 0.15) is 53.3 Å². The molecule has 3 N–H and O–H groups in total. The summed E-state index contributed by atoms with van der Waals surface area (Å²) in [6, 6.07) is 1.98. The molecule has 2 saturated carbocycles. The van der Waals surface area contributed by atoms with E-state index in [1.807, 2.05) is 11.4 Å². The zero-order valence-corrected chi connectivity index (χ0v) is 11.9. The van der Waals surface area contributed by atoms with E-state index in [0.29, 0.717) is 23.6 Å². The second kappa shape index (κ2) is 5.07. The van der Waals surface area contributed by atoms with E-state index in [9.17, 15) is 13.6 Å². The second-order valence-corrected chi connectivity index (χ2v) is 6.77. The second-order valence-electron chi connectivity index (χ2n) is 5.85. The number of carbonyl (C=O) groups excluding carboxylic acids is 1. The van der Waals surface area contributed by atoms with Crippen molar-refractivity contribution in [2.24, 2.45) is 5.73 Å². The molecule has 3 nitrogen and oxygen atoms in total. The molecule has 2 atom stereocenters. The Kier molecular flexibility index (Phi) is 3.54. The highest BCUT2D eigenvalue weighted by atomic mass is 32.1. The van der Waals surface area contributed by atoms with Crippen LogP contribution in [0.3, 0.4) is 0 Å². The molecule has 1 aromatic rings. The van der Waals surface area contributed by atoms with Gasteiger partial charge in [0, 0.05) is 30.8 Å². The Morgan fingerprint density at radius 1 is 1.40 bits per heavy atom. The summed E-state index contributed by atoms with van der Waals surface area (Å²) >= 11 is 1.40. The Morgan fingerprint density at radius 2 is 2.05 bits per heavy atom. The van der Waals surface area contributed by atoms with Crippen LogP contribution in [-0.2, 0) is 0 Å². The highest BCUT2D eigenvalue weighted by Crippen LogP contribution is 2.40. The van der Waals surface area contributed by atoms with Crippen molar-refractivity contribution in [2.75, 3.05) is 0 Å². The van der Waals surface area contributed by atoms with Gasteiger partial charge in [-0.1, -0.05) is 0 Å². The first-order chi connectivity index (χ1) is 9.44. The Hall–Kier alpha value is -1.01. The molecule has 3 rings (SSSR count). The van der Waals surface area contributed by atoms with Gasteiger partial charge in [-0.05, 0) is 36.3 Å². The van der Waals surface area contributed by atoms with E-state index in [1.54, 1.807) is 0 Å². The van der Waals surface area contributed by atoms with Crippen LogP contribution in [-0.4, -0.2) is 23.9 Å². The molecule has 2 unspecified atom stereocenters. The first-order valence-corrected chi connectivity index (χ1v) is 7.85. The third-order valence-corrected chi connectivity index (χ3v) is 5.11. The lowest BCUT2D eigenvalue weighted by molar-refractivity contribution is -0.0399. The van der Waals surface area contributed by atoms with Crippen molar-refractivity contribution in [1.82, 2.24) is 5.32 Å². The lowest BCUT2D eigenvalue weighted by Gasteiger charge is -2.28. The minimum Gasteiger partial charge on any atom is -0.349 e. The van der Waals surface area contributed by atoms with Crippen molar-refractivity contribution >= 4 is 17.2 Å². The van der Waals surface area contributed by atoms with E-state index in [0.717, 1.165) is 12.0 Å². The topological polar surface area (TPSA) is 55.1 Å². The fourth-order valence-corrected chi connectivity index (χ4v) is 3.58. The maximum Gasteiger partial charge on any atom is 0.261 e. The number of nitrogens with two attached hydrogens (primary N) is 1. The van der Waals surface area contributed by atoms with Crippen LogP contribution in [0.25, 0.3) is 0 Å². The van der Waals surface area contributed by atoms with Gasteiger partial charge in [0.25, 0.3) is 5.91 Å². The van der Waals surface area contributed by atoms with E-state index < -0.39 is 5.92 Å². The molecule has 2 aliphatic rings. The minimum atomic E-state index is -2.56. The summed E-state index contributed by atoms with van der Waals surface area (Å²) in [6.45, 7) is 0. The van der Waals surface area contributed by atoms with E-state index in [1.165, 1.54) is 11.3 Å². The van der Waals surface area contributed by atoms with Gasteiger partial charge in [0.2, 0.25) is 5.92 Å². The zero-order chi connectivity index (χ0) is 14.3. The number of alkyl halides is 2. The van der Waals surface area contributed by atoms with Gasteiger partial charge in [0.15, 0.2) is 0 Å². The Balaban J connectivity index is 1.55. The maximum atomic E-state index is 13.1. The van der Waals surface area contributed by atoms with Crippen molar-refractivity contribution in [3.8, 4) is 0 Å². The summed E-state index contributed by atoms with van der Waals surface area (Å²) in [5.74, 6) is -2.31.